The maximum atomic E-state index is 9.11. The number of aliphatic hydroxyl groups is 1. The van der Waals surface area contributed by atoms with Crippen LogP contribution in [0.5, 0.6) is 0 Å². The molecular weight excluding hydrogens is 216 g/mol. The lowest BCUT2D eigenvalue weighted by Crippen LogP contribution is -2.41. The van der Waals surface area contributed by atoms with Gasteiger partial charge in [0.2, 0.25) is 0 Å². The van der Waals surface area contributed by atoms with E-state index in [1.165, 1.54) is 12.8 Å². The SMILES string of the molecule is CC(C)(C)[Si](C)(C)OC[C@@H]1CC[C@H](CO)C1. The van der Waals surface area contributed by atoms with Crippen molar-refractivity contribution < 1.29 is 9.53 Å². The van der Waals surface area contributed by atoms with E-state index in [0.717, 1.165) is 13.0 Å². The highest BCUT2D eigenvalue weighted by atomic mass is 28.4. The minimum Gasteiger partial charge on any atom is -0.417 e. The van der Waals surface area contributed by atoms with E-state index in [-0.39, 0.29) is 0 Å². The van der Waals surface area contributed by atoms with Gasteiger partial charge in [0.25, 0.3) is 0 Å². The van der Waals surface area contributed by atoms with Crippen molar-refractivity contribution >= 4 is 8.32 Å². The molecule has 0 bridgehead atoms. The lowest BCUT2D eigenvalue weighted by Gasteiger charge is -2.37. The molecule has 2 nitrogen and oxygen atoms in total. The molecule has 0 radical (unpaired) electrons. The molecule has 96 valence electrons. The molecule has 1 aliphatic carbocycles. The zero-order valence-electron chi connectivity index (χ0n) is 11.5. The number of hydrogen-bond donors (Lipinski definition) is 1. The average Bonchev–Trinajstić information content (AvgIpc) is 2.60. The average molecular weight is 244 g/mol. The first kappa shape index (κ1) is 14.2. The van der Waals surface area contributed by atoms with Gasteiger partial charge in [-0.1, -0.05) is 20.8 Å². The lowest BCUT2D eigenvalue weighted by molar-refractivity contribution is 0.204. The summed E-state index contributed by atoms with van der Waals surface area (Å²) in [7, 11) is -1.57. The summed E-state index contributed by atoms with van der Waals surface area (Å²) in [4.78, 5) is 0. The van der Waals surface area contributed by atoms with Crippen LogP contribution in [0.15, 0.2) is 0 Å². The van der Waals surface area contributed by atoms with Crippen molar-refractivity contribution in [2.24, 2.45) is 11.8 Å². The number of rotatable bonds is 4. The summed E-state index contributed by atoms with van der Waals surface area (Å²) >= 11 is 0. The summed E-state index contributed by atoms with van der Waals surface area (Å²) in [6.45, 7) is 12.7. The normalized spacial score (nSPS) is 27.4. The van der Waals surface area contributed by atoms with Crippen molar-refractivity contribution in [1.29, 1.82) is 0 Å². The van der Waals surface area contributed by atoms with E-state index in [2.05, 4.69) is 33.9 Å². The Hall–Kier alpha value is 0.137. The van der Waals surface area contributed by atoms with Gasteiger partial charge >= 0.3 is 0 Å². The lowest BCUT2D eigenvalue weighted by atomic mass is 10.1. The molecule has 2 atom stereocenters. The Morgan fingerprint density at radius 1 is 1.19 bits per heavy atom. The molecule has 0 aliphatic heterocycles. The first-order chi connectivity index (χ1) is 7.26. The molecule has 0 aromatic rings. The highest BCUT2D eigenvalue weighted by Crippen LogP contribution is 2.38. The van der Waals surface area contributed by atoms with E-state index < -0.39 is 8.32 Å². The van der Waals surface area contributed by atoms with Gasteiger partial charge in [-0.2, -0.15) is 0 Å². The van der Waals surface area contributed by atoms with Crippen LogP contribution in [0.25, 0.3) is 0 Å². The third-order valence-electron chi connectivity index (χ3n) is 4.39. The summed E-state index contributed by atoms with van der Waals surface area (Å²) in [5.41, 5.74) is 0. The summed E-state index contributed by atoms with van der Waals surface area (Å²) in [6.07, 6.45) is 3.58. The first-order valence-electron chi connectivity index (χ1n) is 6.51. The standard InChI is InChI=1S/C13H28O2Si/c1-13(2,3)16(4,5)15-10-12-7-6-11(8-12)9-14/h11-12,14H,6-10H2,1-5H3/t11-,12+/m0/s1. The van der Waals surface area contributed by atoms with Crippen molar-refractivity contribution in [3.8, 4) is 0 Å². The Morgan fingerprint density at radius 2 is 1.75 bits per heavy atom. The van der Waals surface area contributed by atoms with Crippen LogP contribution in [-0.2, 0) is 4.43 Å². The van der Waals surface area contributed by atoms with Gasteiger partial charge < -0.3 is 9.53 Å². The van der Waals surface area contributed by atoms with Gasteiger partial charge in [-0.25, -0.2) is 0 Å². The van der Waals surface area contributed by atoms with Gasteiger partial charge in [0.1, 0.15) is 0 Å². The fourth-order valence-corrected chi connectivity index (χ4v) is 3.12. The molecule has 1 fully saturated rings. The quantitative estimate of drug-likeness (QED) is 0.768. The van der Waals surface area contributed by atoms with Gasteiger partial charge in [0.15, 0.2) is 8.32 Å². The second-order valence-corrected chi connectivity index (χ2v) is 11.6. The molecule has 0 aromatic carbocycles. The Bertz CT molecular complexity index is 220. The Labute approximate surface area is 102 Å². The Balaban J connectivity index is 2.35. The van der Waals surface area contributed by atoms with Gasteiger partial charge in [0.05, 0.1) is 0 Å². The molecule has 1 saturated carbocycles. The largest absolute Gasteiger partial charge is 0.417 e. The predicted octanol–water partition coefficient (Wildman–Crippen LogP) is 3.42. The van der Waals surface area contributed by atoms with E-state index >= 15 is 0 Å². The van der Waals surface area contributed by atoms with Crippen LogP contribution in [-0.4, -0.2) is 26.6 Å². The fourth-order valence-electron chi connectivity index (χ4n) is 2.04. The molecule has 1 aliphatic rings. The highest BCUT2D eigenvalue weighted by molar-refractivity contribution is 6.74. The molecule has 0 amide bonds. The second kappa shape index (κ2) is 5.19. The van der Waals surface area contributed by atoms with E-state index in [9.17, 15) is 0 Å². The van der Waals surface area contributed by atoms with Crippen LogP contribution < -0.4 is 0 Å². The van der Waals surface area contributed by atoms with Gasteiger partial charge in [-0.15, -0.1) is 0 Å². The minimum absolute atomic E-state index is 0.308. The molecule has 1 rings (SSSR count). The fraction of sp³-hybridized carbons (Fsp3) is 1.00. The monoisotopic (exact) mass is 244 g/mol. The van der Waals surface area contributed by atoms with Crippen molar-refractivity contribution in [3.63, 3.8) is 0 Å². The van der Waals surface area contributed by atoms with Crippen LogP contribution in [0, 0.1) is 11.8 Å². The summed E-state index contributed by atoms with van der Waals surface area (Å²) in [5.74, 6) is 1.22. The maximum Gasteiger partial charge on any atom is 0.191 e. The van der Waals surface area contributed by atoms with Crippen molar-refractivity contribution in [2.75, 3.05) is 13.2 Å². The topological polar surface area (TPSA) is 29.5 Å². The third kappa shape index (κ3) is 3.57. The molecule has 0 aromatic heterocycles. The number of aliphatic hydroxyl groups excluding tert-OH is 1. The van der Waals surface area contributed by atoms with Gasteiger partial charge in [0, 0.05) is 13.2 Å². The molecular formula is C13H28O2Si. The third-order valence-corrected chi connectivity index (χ3v) is 8.89. The van der Waals surface area contributed by atoms with E-state index in [4.69, 9.17) is 9.53 Å². The first-order valence-corrected chi connectivity index (χ1v) is 9.42. The molecule has 16 heavy (non-hydrogen) atoms. The Morgan fingerprint density at radius 3 is 2.19 bits per heavy atom. The maximum absolute atomic E-state index is 9.11. The van der Waals surface area contributed by atoms with Crippen LogP contribution in [0.2, 0.25) is 18.1 Å². The Kier molecular flexibility index (Phi) is 4.61. The summed E-state index contributed by atoms with van der Waals surface area (Å²) < 4.78 is 6.23. The van der Waals surface area contributed by atoms with Gasteiger partial charge in [-0.3, -0.25) is 0 Å². The zero-order chi connectivity index (χ0) is 12.4. The van der Waals surface area contributed by atoms with Crippen molar-refractivity contribution in [3.05, 3.63) is 0 Å². The smallest absolute Gasteiger partial charge is 0.191 e. The zero-order valence-corrected chi connectivity index (χ0v) is 12.5. The van der Waals surface area contributed by atoms with Crippen LogP contribution >= 0.6 is 0 Å². The van der Waals surface area contributed by atoms with Crippen LogP contribution in [0.4, 0.5) is 0 Å². The molecule has 0 saturated heterocycles. The van der Waals surface area contributed by atoms with E-state index in [1.807, 2.05) is 0 Å². The minimum atomic E-state index is -1.57. The van der Waals surface area contributed by atoms with E-state index in [0.29, 0.717) is 23.5 Å². The summed E-state index contributed by atoms with van der Waals surface area (Å²) in [6, 6.07) is 0. The van der Waals surface area contributed by atoms with Gasteiger partial charge in [-0.05, 0) is 49.2 Å². The molecule has 3 heteroatoms. The van der Waals surface area contributed by atoms with Crippen molar-refractivity contribution in [2.45, 2.75) is 58.2 Å². The molecule has 0 heterocycles. The number of hydrogen-bond acceptors (Lipinski definition) is 2. The molecule has 0 spiro atoms. The van der Waals surface area contributed by atoms with Crippen molar-refractivity contribution in [1.82, 2.24) is 0 Å². The molecule has 0 unspecified atom stereocenters. The van der Waals surface area contributed by atoms with Crippen LogP contribution in [0.3, 0.4) is 0 Å². The molecule has 1 N–H and O–H groups in total. The predicted molar refractivity (Wildman–Crippen MR) is 71.1 cm³/mol. The second-order valence-electron chi connectivity index (χ2n) is 6.80. The highest BCUT2D eigenvalue weighted by Gasteiger charge is 2.38. The van der Waals surface area contributed by atoms with Crippen LogP contribution in [0.1, 0.15) is 40.0 Å². The van der Waals surface area contributed by atoms with E-state index in [1.54, 1.807) is 0 Å². The summed E-state index contributed by atoms with van der Waals surface area (Å²) in [5, 5.41) is 9.42.